The number of likely N-dealkylation sites (N-methyl/N-ethyl adjacent to an activating group) is 1. The molecule has 0 heterocycles. The van der Waals surface area contributed by atoms with Crippen LogP contribution in [-0.2, 0) is 0 Å². The third-order valence-electron chi connectivity index (χ3n) is 4.21. The predicted molar refractivity (Wildman–Crippen MR) is 112 cm³/mol. The van der Waals surface area contributed by atoms with E-state index in [0.717, 1.165) is 12.1 Å². The normalized spacial score (nSPS) is 12.3. The monoisotopic (exact) mass is 364 g/mol. The SMILES string of the molecule is CNCCNC(O)c1ccccc1P(c1ccccc1)c1ccccc1. The Morgan fingerprint density at radius 3 is 1.88 bits per heavy atom. The lowest BCUT2D eigenvalue weighted by Gasteiger charge is -2.24. The number of nitrogens with one attached hydrogen (secondary N) is 2. The average molecular weight is 364 g/mol. The first-order valence-corrected chi connectivity index (χ1v) is 10.2. The van der Waals surface area contributed by atoms with E-state index in [1.807, 2.05) is 31.3 Å². The molecule has 0 fully saturated rings. The molecular weight excluding hydrogens is 339 g/mol. The molecule has 0 aliphatic heterocycles. The number of hydrogen-bond donors (Lipinski definition) is 3. The van der Waals surface area contributed by atoms with Crippen LogP contribution < -0.4 is 26.5 Å². The molecule has 1 unspecified atom stereocenters. The molecule has 134 valence electrons. The Hall–Kier alpha value is -2.03. The van der Waals surface area contributed by atoms with Crippen molar-refractivity contribution in [3.63, 3.8) is 0 Å². The van der Waals surface area contributed by atoms with Gasteiger partial charge in [-0.2, -0.15) is 0 Å². The zero-order chi connectivity index (χ0) is 18.2. The maximum absolute atomic E-state index is 10.7. The summed E-state index contributed by atoms with van der Waals surface area (Å²) in [7, 11) is 1.18. The highest BCUT2D eigenvalue weighted by Gasteiger charge is 2.21. The van der Waals surface area contributed by atoms with E-state index in [2.05, 4.69) is 71.3 Å². The molecule has 0 spiro atoms. The minimum Gasteiger partial charge on any atom is -0.374 e. The minimum atomic E-state index is -0.733. The quantitative estimate of drug-likeness (QED) is 0.326. The number of aliphatic hydroxyl groups excluding tert-OH is 1. The van der Waals surface area contributed by atoms with Crippen molar-refractivity contribution >= 4 is 23.8 Å². The molecule has 0 radical (unpaired) electrons. The van der Waals surface area contributed by atoms with Crippen LogP contribution in [0.4, 0.5) is 0 Å². The highest BCUT2D eigenvalue weighted by Crippen LogP contribution is 2.35. The largest absolute Gasteiger partial charge is 0.374 e. The van der Waals surface area contributed by atoms with Crippen molar-refractivity contribution in [2.75, 3.05) is 20.1 Å². The summed E-state index contributed by atoms with van der Waals surface area (Å²) in [5.41, 5.74) is 0.947. The van der Waals surface area contributed by atoms with Crippen molar-refractivity contribution in [2.45, 2.75) is 6.23 Å². The van der Waals surface area contributed by atoms with Gasteiger partial charge in [0.15, 0.2) is 0 Å². The molecule has 0 saturated carbocycles. The van der Waals surface area contributed by atoms with Gasteiger partial charge in [0, 0.05) is 18.7 Å². The molecule has 3 aromatic rings. The first kappa shape index (κ1) is 18.8. The molecule has 0 saturated heterocycles. The number of rotatable bonds is 8. The number of benzene rings is 3. The number of aliphatic hydroxyl groups is 1. The van der Waals surface area contributed by atoms with Gasteiger partial charge >= 0.3 is 0 Å². The van der Waals surface area contributed by atoms with Gasteiger partial charge in [-0.05, 0) is 30.9 Å². The zero-order valence-corrected chi connectivity index (χ0v) is 15.9. The molecule has 0 aromatic heterocycles. The lowest BCUT2D eigenvalue weighted by Crippen LogP contribution is -2.32. The maximum atomic E-state index is 10.7. The summed E-state index contributed by atoms with van der Waals surface area (Å²) < 4.78 is 0. The van der Waals surface area contributed by atoms with E-state index in [1.165, 1.54) is 15.9 Å². The molecule has 26 heavy (non-hydrogen) atoms. The minimum absolute atomic E-state index is 0.683. The smallest absolute Gasteiger partial charge is 0.131 e. The zero-order valence-electron chi connectivity index (χ0n) is 15.0. The van der Waals surface area contributed by atoms with E-state index < -0.39 is 14.1 Å². The summed E-state index contributed by atoms with van der Waals surface area (Å²) in [6, 6.07) is 29.3. The second-order valence-electron chi connectivity index (χ2n) is 6.03. The highest BCUT2D eigenvalue weighted by molar-refractivity contribution is 7.79. The summed E-state index contributed by atoms with van der Waals surface area (Å²) in [6.07, 6.45) is -0.683. The molecule has 3 N–H and O–H groups in total. The molecule has 0 aliphatic carbocycles. The predicted octanol–water partition coefficient (Wildman–Crippen LogP) is 2.24. The number of hydrogen-bond acceptors (Lipinski definition) is 3. The standard InChI is InChI=1S/C22H25N2OP/c1-23-16-17-24-22(25)20-14-8-9-15-21(20)26(18-10-4-2-5-11-18)19-12-6-3-7-13-19/h2-15,22-25H,16-17H2,1H3. The van der Waals surface area contributed by atoms with Gasteiger partial charge in [-0.3, -0.25) is 5.32 Å². The van der Waals surface area contributed by atoms with Crippen LogP contribution in [0.15, 0.2) is 84.9 Å². The average Bonchev–Trinajstić information content (AvgIpc) is 2.70. The van der Waals surface area contributed by atoms with Crippen molar-refractivity contribution in [3.05, 3.63) is 90.5 Å². The Morgan fingerprint density at radius 2 is 1.31 bits per heavy atom. The van der Waals surface area contributed by atoms with Crippen LogP contribution >= 0.6 is 7.92 Å². The summed E-state index contributed by atoms with van der Waals surface area (Å²) in [5, 5.41) is 20.8. The first-order chi connectivity index (χ1) is 12.8. The lowest BCUT2D eigenvalue weighted by atomic mass is 10.2. The second kappa shape index (κ2) is 9.61. The molecule has 3 rings (SSSR count). The molecule has 0 aliphatic rings. The van der Waals surface area contributed by atoms with Gasteiger partial charge in [-0.25, -0.2) is 0 Å². The Labute approximate surface area is 156 Å². The van der Waals surface area contributed by atoms with E-state index in [4.69, 9.17) is 0 Å². The van der Waals surface area contributed by atoms with Crippen LogP contribution in [0.3, 0.4) is 0 Å². The molecule has 1 atom stereocenters. The van der Waals surface area contributed by atoms with Crippen LogP contribution in [0.5, 0.6) is 0 Å². The fourth-order valence-corrected chi connectivity index (χ4v) is 5.43. The Kier molecular flexibility index (Phi) is 6.93. The van der Waals surface area contributed by atoms with Crippen molar-refractivity contribution in [2.24, 2.45) is 0 Å². The molecule has 3 aromatic carbocycles. The van der Waals surface area contributed by atoms with Crippen molar-refractivity contribution in [3.8, 4) is 0 Å². The summed E-state index contributed by atoms with van der Waals surface area (Å²) in [4.78, 5) is 0. The van der Waals surface area contributed by atoms with Gasteiger partial charge < -0.3 is 10.4 Å². The molecule has 4 heteroatoms. The van der Waals surface area contributed by atoms with Crippen molar-refractivity contribution in [1.29, 1.82) is 0 Å². The van der Waals surface area contributed by atoms with Crippen molar-refractivity contribution in [1.82, 2.24) is 10.6 Å². The van der Waals surface area contributed by atoms with Crippen LogP contribution in [-0.4, -0.2) is 25.2 Å². The van der Waals surface area contributed by atoms with Gasteiger partial charge in [0.05, 0.1) is 0 Å². The third-order valence-corrected chi connectivity index (χ3v) is 6.73. The van der Waals surface area contributed by atoms with E-state index in [0.29, 0.717) is 6.54 Å². The van der Waals surface area contributed by atoms with Gasteiger partial charge in [-0.1, -0.05) is 84.9 Å². The first-order valence-electron chi connectivity index (χ1n) is 8.86. The Balaban J connectivity index is 2.02. The van der Waals surface area contributed by atoms with Gasteiger partial charge in [0.2, 0.25) is 0 Å². The Morgan fingerprint density at radius 1 is 0.769 bits per heavy atom. The summed E-state index contributed by atoms with van der Waals surface area (Å²) in [6.45, 7) is 1.52. The Bertz CT molecular complexity index is 756. The van der Waals surface area contributed by atoms with Gasteiger partial charge in [0.1, 0.15) is 6.23 Å². The fourth-order valence-electron chi connectivity index (χ4n) is 2.95. The van der Waals surface area contributed by atoms with Crippen molar-refractivity contribution < 1.29 is 5.11 Å². The van der Waals surface area contributed by atoms with E-state index in [9.17, 15) is 5.11 Å². The molecule has 0 bridgehead atoms. The van der Waals surface area contributed by atoms with Gasteiger partial charge in [0.25, 0.3) is 0 Å². The topological polar surface area (TPSA) is 44.3 Å². The van der Waals surface area contributed by atoms with E-state index in [-0.39, 0.29) is 0 Å². The van der Waals surface area contributed by atoms with E-state index >= 15 is 0 Å². The lowest BCUT2D eigenvalue weighted by molar-refractivity contribution is 0.141. The summed E-state index contributed by atoms with van der Waals surface area (Å²) >= 11 is 0. The van der Waals surface area contributed by atoms with Crippen LogP contribution in [0.25, 0.3) is 0 Å². The maximum Gasteiger partial charge on any atom is 0.131 e. The molecule has 0 amide bonds. The van der Waals surface area contributed by atoms with Crippen LogP contribution in [0.2, 0.25) is 0 Å². The summed E-state index contributed by atoms with van der Waals surface area (Å²) in [5.74, 6) is 0. The molecule has 3 nitrogen and oxygen atoms in total. The third kappa shape index (κ3) is 4.57. The fraction of sp³-hybridized carbons (Fsp3) is 0.182. The highest BCUT2D eigenvalue weighted by atomic mass is 31.1. The van der Waals surface area contributed by atoms with Crippen LogP contribution in [0, 0.1) is 0 Å². The van der Waals surface area contributed by atoms with Gasteiger partial charge in [-0.15, -0.1) is 0 Å². The van der Waals surface area contributed by atoms with Crippen LogP contribution in [0.1, 0.15) is 11.8 Å². The van der Waals surface area contributed by atoms with E-state index in [1.54, 1.807) is 0 Å². The second-order valence-corrected chi connectivity index (χ2v) is 8.21. The molecular formula is C22H25N2OP.